The van der Waals surface area contributed by atoms with Crippen molar-refractivity contribution in [3.8, 4) is 0 Å². The molecule has 0 aliphatic carbocycles. The van der Waals surface area contributed by atoms with Gasteiger partial charge in [0.05, 0.1) is 31.0 Å². The third-order valence-corrected chi connectivity index (χ3v) is 10.3. The van der Waals surface area contributed by atoms with Gasteiger partial charge < -0.3 is 33.7 Å². The van der Waals surface area contributed by atoms with Gasteiger partial charge >= 0.3 is 12.1 Å². The number of hydrogen-bond donors (Lipinski definition) is 1. The number of rotatable bonds is 41. The highest BCUT2D eigenvalue weighted by atomic mass is 16.6. The van der Waals surface area contributed by atoms with E-state index in [1.807, 2.05) is 27.7 Å². The van der Waals surface area contributed by atoms with E-state index in [1.54, 1.807) is 7.11 Å². The summed E-state index contributed by atoms with van der Waals surface area (Å²) < 4.78 is 34.3. The summed E-state index contributed by atoms with van der Waals surface area (Å²) in [5.41, 5.74) is -0.701. The largest absolute Gasteiger partial charge is 0.464 e. The Morgan fingerprint density at radius 3 is 1.44 bits per heavy atom. The predicted molar refractivity (Wildman–Crippen MR) is 223 cm³/mol. The van der Waals surface area contributed by atoms with E-state index in [9.17, 15) is 9.59 Å². The van der Waals surface area contributed by atoms with E-state index in [2.05, 4.69) is 19.2 Å². The zero-order valence-electron chi connectivity index (χ0n) is 36.7. The van der Waals surface area contributed by atoms with Crippen LogP contribution in [0, 0.1) is 0 Å². The first-order valence-electron chi connectivity index (χ1n) is 22.5. The standard InChI is InChI=1S/C45H89NO8/c1-8-10-12-14-16-18-20-22-24-26-28-30-34-50-39-41(51-35-31-29-27-25-23-21-19-17-15-13-11-9-2)40-53-43(48)46-38-42(47)52-36-32-45(5,6)54-37-33-44(3,4)49-7/h41H,8-40H2,1-7H3,(H,46,48)/t41-/m1/s1. The van der Waals surface area contributed by atoms with E-state index in [-0.39, 0.29) is 31.5 Å². The van der Waals surface area contributed by atoms with Gasteiger partial charge in [0.1, 0.15) is 19.3 Å². The molecule has 0 rings (SSSR count). The van der Waals surface area contributed by atoms with Crippen LogP contribution in [0.1, 0.15) is 208 Å². The van der Waals surface area contributed by atoms with Gasteiger partial charge in [0.2, 0.25) is 0 Å². The van der Waals surface area contributed by atoms with E-state index < -0.39 is 17.7 Å². The van der Waals surface area contributed by atoms with E-state index in [4.69, 9.17) is 28.4 Å². The highest BCUT2D eigenvalue weighted by Crippen LogP contribution is 2.19. The summed E-state index contributed by atoms with van der Waals surface area (Å²) in [5, 5.41) is 2.50. The number of ether oxygens (including phenoxy) is 6. The van der Waals surface area contributed by atoms with Crippen molar-refractivity contribution in [2.45, 2.75) is 226 Å². The van der Waals surface area contributed by atoms with Crippen molar-refractivity contribution in [3.05, 3.63) is 0 Å². The summed E-state index contributed by atoms with van der Waals surface area (Å²) in [7, 11) is 1.69. The molecule has 9 nitrogen and oxygen atoms in total. The second-order valence-corrected chi connectivity index (χ2v) is 16.6. The molecule has 0 bridgehead atoms. The molecule has 0 aromatic carbocycles. The Bertz CT molecular complexity index is 836. The number of alkyl carbamates (subject to hydrolysis) is 1. The SMILES string of the molecule is CCCCCCCCCCCCCCOC[C@H](COC(=O)NCC(=O)OCCC(C)(C)OCCC(C)(C)OC)OCCCCCCCCCCCCCC. The molecule has 1 amide bonds. The Kier molecular flexibility index (Phi) is 36.2. The molecular weight excluding hydrogens is 682 g/mol. The molecule has 0 aliphatic rings. The molecule has 0 aromatic rings. The molecule has 1 N–H and O–H groups in total. The minimum absolute atomic E-state index is 0.0724. The van der Waals surface area contributed by atoms with Gasteiger partial charge in [0.15, 0.2) is 0 Å². The molecule has 0 aromatic heterocycles. The quantitative estimate of drug-likeness (QED) is 0.0484. The van der Waals surface area contributed by atoms with E-state index in [0.29, 0.717) is 32.8 Å². The molecule has 0 saturated heterocycles. The van der Waals surface area contributed by atoms with Crippen LogP contribution < -0.4 is 5.32 Å². The first kappa shape index (κ1) is 52.6. The molecule has 0 heterocycles. The minimum Gasteiger partial charge on any atom is -0.464 e. The van der Waals surface area contributed by atoms with Crippen molar-refractivity contribution in [2.24, 2.45) is 0 Å². The van der Waals surface area contributed by atoms with Crippen LogP contribution in [0.3, 0.4) is 0 Å². The molecule has 0 saturated carbocycles. The Labute approximate surface area is 333 Å². The summed E-state index contributed by atoms with van der Waals surface area (Å²) in [6.45, 7) is 14.7. The van der Waals surface area contributed by atoms with E-state index in [0.717, 1.165) is 25.7 Å². The predicted octanol–water partition coefficient (Wildman–Crippen LogP) is 12.1. The lowest BCUT2D eigenvalue weighted by molar-refractivity contribution is -0.144. The van der Waals surface area contributed by atoms with Crippen molar-refractivity contribution >= 4 is 12.1 Å². The number of carbonyl (C=O) groups excluding carboxylic acids is 2. The molecule has 0 radical (unpaired) electrons. The minimum atomic E-state index is -0.670. The van der Waals surface area contributed by atoms with Crippen molar-refractivity contribution in [1.82, 2.24) is 5.32 Å². The molecule has 9 heteroatoms. The van der Waals surface area contributed by atoms with Crippen LogP contribution in [0.5, 0.6) is 0 Å². The number of esters is 1. The lowest BCUT2D eigenvalue weighted by atomic mass is 10.0. The van der Waals surface area contributed by atoms with Gasteiger partial charge in [-0.1, -0.05) is 155 Å². The van der Waals surface area contributed by atoms with Crippen LogP contribution in [-0.2, 0) is 33.2 Å². The first-order valence-corrected chi connectivity index (χ1v) is 22.5. The number of methoxy groups -OCH3 is 1. The van der Waals surface area contributed by atoms with Gasteiger partial charge in [-0.15, -0.1) is 0 Å². The summed E-state index contributed by atoms with van der Waals surface area (Å²) in [5.74, 6) is -0.520. The second-order valence-electron chi connectivity index (χ2n) is 16.6. The van der Waals surface area contributed by atoms with Gasteiger partial charge in [0, 0.05) is 26.7 Å². The van der Waals surface area contributed by atoms with Crippen LogP contribution >= 0.6 is 0 Å². The van der Waals surface area contributed by atoms with E-state index in [1.165, 1.54) is 135 Å². The van der Waals surface area contributed by atoms with Crippen LogP contribution in [0.4, 0.5) is 4.79 Å². The Balaban J connectivity index is 4.35. The average molecular weight is 772 g/mol. The van der Waals surface area contributed by atoms with E-state index >= 15 is 0 Å². The van der Waals surface area contributed by atoms with Crippen LogP contribution in [-0.4, -0.2) is 82.7 Å². The fraction of sp³-hybridized carbons (Fsp3) is 0.956. The normalized spacial score (nSPS) is 12.6. The van der Waals surface area contributed by atoms with Gasteiger partial charge in [-0.3, -0.25) is 4.79 Å². The Morgan fingerprint density at radius 1 is 0.519 bits per heavy atom. The summed E-state index contributed by atoms with van der Waals surface area (Å²) >= 11 is 0. The second kappa shape index (κ2) is 37.2. The topological polar surface area (TPSA) is 102 Å². The molecule has 0 fully saturated rings. The Hall–Kier alpha value is -1.42. The smallest absolute Gasteiger partial charge is 0.407 e. The molecule has 1 atom stereocenters. The van der Waals surface area contributed by atoms with Crippen LogP contribution in [0.25, 0.3) is 0 Å². The van der Waals surface area contributed by atoms with Gasteiger partial charge in [-0.2, -0.15) is 0 Å². The van der Waals surface area contributed by atoms with Crippen LogP contribution in [0.15, 0.2) is 0 Å². The van der Waals surface area contributed by atoms with Gasteiger partial charge in [-0.25, -0.2) is 4.79 Å². The maximum absolute atomic E-state index is 12.4. The third-order valence-electron chi connectivity index (χ3n) is 10.3. The molecule has 0 spiro atoms. The average Bonchev–Trinajstić information content (AvgIpc) is 3.14. The number of carbonyl (C=O) groups is 2. The van der Waals surface area contributed by atoms with Crippen molar-refractivity contribution < 1.29 is 38.0 Å². The van der Waals surface area contributed by atoms with Gasteiger partial charge in [-0.05, 0) is 47.0 Å². The highest BCUT2D eigenvalue weighted by Gasteiger charge is 2.22. The molecular formula is C45H89NO8. The molecule has 0 aliphatic heterocycles. The number of amides is 1. The van der Waals surface area contributed by atoms with Crippen LogP contribution in [0.2, 0.25) is 0 Å². The summed E-state index contributed by atoms with van der Waals surface area (Å²) in [6.07, 6.45) is 31.5. The number of hydrogen-bond acceptors (Lipinski definition) is 8. The van der Waals surface area contributed by atoms with Gasteiger partial charge in [0.25, 0.3) is 0 Å². The maximum Gasteiger partial charge on any atom is 0.407 e. The zero-order chi connectivity index (χ0) is 40.0. The number of unbranched alkanes of at least 4 members (excludes halogenated alkanes) is 22. The fourth-order valence-corrected chi connectivity index (χ4v) is 6.17. The first-order chi connectivity index (χ1) is 26.0. The molecule has 0 unspecified atom stereocenters. The monoisotopic (exact) mass is 772 g/mol. The number of nitrogens with one attached hydrogen (secondary N) is 1. The van der Waals surface area contributed by atoms with Crippen molar-refractivity contribution in [2.75, 3.05) is 53.3 Å². The lowest BCUT2D eigenvalue weighted by Gasteiger charge is -2.28. The maximum atomic E-state index is 12.4. The lowest BCUT2D eigenvalue weighted by Crippen LogP contribution is -2.35. The van der Waals surface area contributed by atoms with Crippen molar-refractivity contribution in [1.29, 1.82) is 0 Å². The zero-order valence-corrected chi connectivity index (χ0v) is 36.7. The molecule has 54 heavy (non-hydrogen) atoms. The van der Waals surface area contributed by atoms with Crippen molar-refractivity contribution in [3.63, 3.8) is 0 Å². The summed E-state index contributed by atoms with van der Waals surface area (Å²) in [6, 6.07) is 0. The highest BCUT2D eigenvalue weighted by molar-refractivity contribution is 5.77. The Morgan fingerprint density at radius 2 is 0.963 bits per heavy atom. The summed E-state index contributed by atoms with van der Waals surface area (Å²) in [4.78, 5) is 24.7. The third kappa shape index (κ3) is 37.5. The fourth-order valence-electron chi connectivity index (χ4n) is 6.17. The molecule has 322 valence electrons.